The first-order chi connectivity index (χ1) is 10.2. The maximum absolute atomic E-state index is 12.1. The predicted octanol–water partition coefficient (Wildman–Crippen LogP) is 3.35. The summed E-state index contributed by atoms with van der Waals surface area (Å²) in [5, 5.41) is 9.97. The Hall–Kier alpha value is -1.17. The first-order valence-electron chi connectivity index (χ1n) is 6.51. The highest BCUT2D eigenvalue weighted by atomic mass is 35.5. The SMILES string of the molecule is CC1(C(=O)O)CCN(C(=O)COc2cc(Cl)c(Cl)cc2Cl)C1. The number of likely N-dealkylation sites (tertiary alicyclic amines) is 1. The second-order valence-corrected chi connectivity index (χ2v) is 6.64. The van der Waals surface area contributed by atoms with Crippen LogP contribution in [0.5, 0.6) is 5.75 Å². The summed E-state index contributed by atoms with van der Waals surface area (Å²) in [4.78, 5) is 24.7. The van der Waals surface area contributed by atoms with Crippen molar-refractivity contribution in [3.63, 3.8) is 0 Å². The molecule has 5 nitrogen and oxygen atoms in total. The number of hydrogen-bond acceptors (Lipinski definition) is 3. The molecule has 1 aliphatic heterocycles. The van der Waals surface area contributed by atoms with Gasteiger partial charge in [0.15, 0.2) is 6.61 Å². The van der Waals surface area contributed by atoms with Crippen LogP contribution in [0.3, 0.4) is 0 Å². The van der Waals surface area contributed by atoms with Crippen molar-refractivity contribution in [1.29, 1.82) is 0 Å². The van der Waals surface area contributed by atoms with E-state index in [-0.39, 0.29) is 34.9 Å². The molecule has 1 N–H and O–H groups in total. The van der Waals surface area contributed by atoms with Crippen LogP contribution in [0.2, 0.25) is 15.1 Å². The lowest BCUT2D eigenvalue weighted by Crippen LogP contribution is -2.37. The predicted molar refractivity (Wildman–Crippen MR) is 83.9 cm³/mol. The summed E-state index contributed by atoms with van der Waals surface area (Å²) in [6.45, 7) is 1.94. The lowest BCUT2D eigenvalue weighted by atomic mass is 9.90. The van der Waals surface area contributed by atoms with Gasteiger partial charge in [0.05, 0.1) is 20.5 Å². The zero-order valence-corrected chi connectivity index (χ0v) is 14.0. The standard InChI is InChI=1S/C14H14Cl3NO4/c1-14(13(20)21)2-3-18(7-14)12(19)6-22-11-5-9(16)8(15)4-10(11)17/h4-5H,2-3,6-7H2,1H3,(H,20,21). The lowest BCUT2D eigenvalue weighted by molar-refractivity contribution is -0.147. The van der Waals surface area contributed by atoms with Gasteiger partial charge in [-0.25, -0.2) is 0 Å². The van der Waals surface area contributed by atoms with Crippen molar-refractivity contribution in [1.82, 2.24) is 4.90 Å². The first-order valence-corrected chi connectivity index (χ1v) is 7.65. The van der Waals surface area contributed by atoms with Crippen molar-refractivity contribution in [2.75, 3.05) is 19.7 Å². The molecular formula is C14H14Cl3NO4. The number of hydrogen-bond donors (Lipinski definition) is 1. The molecule has 0 bridgehead atoms. The van der Waals surface area contributed by atoms with Crippen LogP contribution in [-0.4, -0.2) is 41.6 Å². The molecule has 1 aromatic carbocycles. The summed E-state index contributed by atoms with van der Waals surface area (Å²) in [5.74, 6) is -0.951. The smallest absolute Gasteiger partial charge is 0.311 e. The summed E-state index contributed by atoms with van der Waals surface area (Å²) >= 11 is 17.6. The Balaban J connectivity index is 1.97. The van der Waals surface area contributed by atoms with Gasteiger partial charge in [0, 0.05) is 19.2 Å². The minimum Gasteiger partial charge on any atom is -0.482 e. The molecule has 1 aliphatic rings. The Morgan fingerprint density at radius 1 is 1.27 bits per heavy atom. The normalized spacial score (nSPS) is 21.0. The number of amides is 1. The summed E-state index contributed by atoms with van der Waals surface area (Å²) < 4.78 is 5.36. The quantitative estimate of drug-likeness (QED) is 0.830. The zero-order chi connectivity index (χ0) is 16.5. The van der Waals surface area contributed by atoms with Crippen LogP contribution in [0.25, 0.3) is 0 Å². The Morgan fingerprint density at radius 3 is 2.50 bits per heavy atom. The van der Waals surface area contributed by atoms with Crippen molar-refractivity contribution in [2.24, 2.45) is 5.41 Å². The number of carboxylic acid groups (broad SMARTS) is 1. The van der Waals surface area contributed by atoms with Gasteiger partial charge in [-0.15, -0.1) is 0 Å². The molecule has 1 aromatic rings. The fourth-order valence-corrected chi connectivity index (χ4v) is 2.79. The average Bonchev–Trinajstić information content (AvgIpc) is 2.85. The van der Waals surface area contributed by atoms with Gasteiger partial charge in [-0.1, -0.05) is 34.8 Å². The van der Waals surface area contributed by atoms with Crippen LogP contribution in [0.4, 0.5) is 0 Å². The number of aliphatic carboxylic acids is 1. The van der Waals surface area contributed by atoms with Crippen molar-refractivity contribution in [3.8, 4) is 5.75 Å². The highest BCUT2D eigenvalue weighted by Gasteiger charge is 2.42. The van der Waals surface area contributed by atoms with Crippen molar-refractivity contribution >= 4 is 46.7 Å². The average molecular weight is 367 g/mol. The number of carboxylic acids is 1. The number of carbonyl (C=O) groups excluding carboxylic acids is 1. The van der Waals surface area contributed by atoms with Crippen LogP contribution in [0.1, 0.15) is 13.3 Å². The molecule has 120 valence electrons. The molecule has 1 heterocycles. The van der Waals surface area contributed by atoms with Crippen LogP contribution in [-0.2, 0) is 9.59 Å². The van der Waals surface area contributed by atoms with Gasteiger partial charge in [0.1, 0.15) is 5.75 Å². The van der Waals surface area contributed by atoms with Crippen LogP contribution >= 0.6 is 34.8 Å². The molecular weight excluding hydrogens is 353 g/mol. The second-order valence-electron chi connectivity index (χ2n) is 5.42. The third kappa shape index (κ3) is 3.59. The van der Waals surface area contributed by atoms with E-state index in [4.69, 9.17) is 44.6 Å². The van der Waals surface area contributed by atoms with Gasteiger partial charge >= 0.3 is 5.97 Å². The van der Waals surface area contributed by atoms with Crippen LogP contribution < -0.4 is 4.74 Å². The number of ether oxygens (including phenoxy) is 1. The van der Waals surface area contributed by atoms with E-state index in [1.165, 1.54) is 17.0 Å². The van der Waals surface area contributed by atoms with Crippen molar-refractivity contribution in [2.45, 2.75) is 13.3 Å². The number of halogens is 3. The summed E-state index contributed by atoms with van der Waals surface area (Å²) in [6.07, 6.45) is 0.418. The number of nitrogens with zero attached hydrogens (tertiary/aromatic N) is 1. The first kappa shape index (κ1) is 17.2. The minimum absolute atomic E-state index is 0.166. The monoisotopic (exact) mass is 365 g/mol. The molecule has 0 radical (unpaired) electrons. The maximum Gasteiger partial charge on any atom is 0.311 e. The Kier molecular flexibility index (Phi) is 5.10. The Bertz CT molecular complexity index is 622. The topological polar surface area (TPSA) is 66.8 Å². The van der Waals surface area contributed by atoms with Gasteiger partial charge in [0.25, 0.3) is 5.91 Å². The van der Waals surface area contributed by atoms with Crippen LogP contribution in [0.15, 0.2) is 12.1 Å². The van der Waals surface area contributed by atoms with Gasteiger partial charge in [-0.2, -0.15) is 0 Å². The van der Waals surface area contributed by atoms with Gasteiger partial charge in [0.2, 0.25) is 0 Å². The van der Waals surface area contributed by atoms with E-state index in [1.807, 2.05) is 0 Å². The van der Waals surface area contributed by atoms with E-state index in [0.29, 0.717) is 18.0 Å². The van der Waals surface area contributed by atoms with E-state index >= 15 is 0 Å². The fourth-order valence-electron chi connectivity index (χ4n) is 2.19. The van der Waals surface area contributed by atoms with E-state index in [2.05, 4.69) is 0 Å². The molecule has 1 atom stereocenters. The van der Waals surface area contributed by atoms with E-state index in [9.17, 15) is 9.59 Å². The summed E-state index contributed by atoms with van der Waals surface area (Å²) in [7, 11) is 0. The maximum atomic E-state index is 12.1. The Labute approximate surface area is 142 Å². The van der Waals surface area contributed by atoms with Crippen molar-refractivity contribution < 1.29 is 19.4 Å². The molecule has 1 fully saturated rings. The van der Waals surface area contributed by atoms with Crippen molar-refractivity contribution in [3.05, 3.63) is 27.2 Å². The van der Waals surface area contributed by atoms with Crippen LogP contribution in [0, 0.1) is 5.41 Å². The third-order valence-electron chi connectivity index (χ3n) is 3.67. The number of benzene rings is 1. The molecule has 1 saturated heterocycles. The second kappa shape index (κ2) is 6.52. The molecule has 0 aromatic heterocycles. The van der Waals surface area contributed by atoms with E-state index in [1.54, 1.807) is 6.92 Å². The van der Waals surface area contributed by atoms with Gasteiger partial charge < -0.3 is 14.7 Å². The zero-order valence-electron chi connectivity index (χ0n) is 11.7. The third-order valence-corrected chi connectivity index (χ3v) is 4.69. The highest BCUT2D eigenvalue weighted by Crippen LogP contribution is 2.34. The molecule has 1 unspecified atom stereocenters. The van der Waals surface area contributed by atoms with E-state index < -0.39 is 11.4 Å². The number of rotatable bonds is 4. The molecule has 0 aliphatic carbocycles. The molecule has 2 rings (SSSR count). The lowest BCUT2D eigenvalue weighted by Gasteiger charge is -2.20. The largest absolute Gasteiger partial charge is 0.482 e. The van der Waals surface area contributed by atoms with Gasteiger partial charge in [-0.05, 0) is 19.4 Å². The Morgan fingerprint density at radius 2 is 1.91 bits per heavy atom. The van der Waals surface area contributed by atoms with E-state index in [0.717, 1.165) is 0 Å². The van der Waals surface area contributed by atoms with Gasteiger partial charge in [-0.3, -0.25) is 9.59 Å². The molecule has 1 amide bonds. The molecule has 0 saturated carbocycles. The molecule has 22 heavy (non-hydrogen) atoms. The summed E-state index contributed by atoms with van der Waals surface area (Å²) in [6, 6.07) is 2.87. The summed E-state index contributed by atoms with van der Waals surface area (Å²) in [5.41, 5.74) is -0.906. The highest BCUT2D eigenvalue weighted by molar-refractivity contribution is 6.43. The molecule has 8 heteroatoms. The fraction of sp³-hybridized carbons (Fsp3) is 0.429. The number of carbonyl (C=O) groups is 2. The molecule has 0 spiro atoms. The minimum atomic E-state index is -0.906.